The van der Waals surface area contributed by atoms with Gasteiger partial charge in [-0.25, -0.2) is 0 Å². The van der Waals surface area contributed by atoms with E-state index in [4.69, 9.17) is 5.73 Å². The van der Waals surface area contributed by atoms with Gasteiger partial charge in [0.15, 0.2) is 0 Å². The molecule has 2 N–H and O–H groups in total. The van der Waals surface area contributed by atoms with E-state index in [9.17, 15) is 0 Å². The quantitative estimate of drug-likeness (QED) is 0.775. The summed E-state index contributed by atoms with van der Waals surface area (Å²) in [6.45, 7) is 2.04. The predicted molar refractivity (Wildman–Crippen MR) is 56.0 cm³/mol. The minimum absolute atomic E-state index is 0.263. The van der Waals surface area contributed by atoms with Crippen molar-refractivity contribution in [1.82, 2.24) is 0 Å². The van der Waals surface area contributed by atoms with Crippen molar-refractivity contribution in [3.63, 3.8) is 0 Å². The lowest BCUT2D eigenvalue weighted by Gasteiger charge is -2.07. The Labute approximate surface area is 78.0 Å². The number of rotatable bonds is 3. The van der Waals surface area contributed by atoms with Gasteiger partial charge in [0.2, 0.25) is 0 Å². The second-order valence-corrected chi connectivity index (χ2v) is 4.46. The normalized spacial score (nSPS) is 13.0. The fourth-order valence-corrected chi connectivity index (χ4v) is 2.10. The van der Waals surface area contributed by atoms with Crippen LogP contribution in [0, 0.1) is 0 Å². The average molecular weight is 184 g/mol. The molecule has 0 saturated heterocycles. The molecule has 0 spiro atoms. The van der Waals surface area contributed by atoms with Crippen LogP contribution in [0.5, 0.6) is 0 Å². The molecule has 0 aliphatic carbocycles. The SMILES string of the molecule is CC(N)Cc1ccc(N(C)C)s1. The van der Waals surface area contributed by atoms with Crippen molar-refractivity contribution in [2.45, 2.75) is 19.4 Å². The lowest BCUT2D eigenvalue weighted by Crippen LogP contribution is -2.16. The first-order valence-corrected chi connectivity index (χ1v) is 4.93. The van der Waals surface area contributed by atoms with Crippen molar-refractivity contribution in [3.05, 3.63) is 17.0 Å². The zero-order valence-electron chi connectivity index (χ0n) is 7.87. The minimum Gasteiger partial charge on any atom is -0.370 e. The van der Waals surface area contributed by atoms with Gasteiger partial charge in [0.05, 0.1) is 5.00 Å². The van der Waals surface area contributed by atoms with Crippen molar-refractivity contribution in [1.29, 1.82) is 0 Å². The van der Waals surface area contributed by atoms with Gasteiger partial charge in [-0.1, -0.05) is 0 Å². The number of anilines is 1. The molecular formula is C9H16N2S. The van der Waals surface area contributed by atoms with E-state index in [0.29, 0.717) is 0 Å². The molecule has 0 aliphatic rings. The van der Waals surface area contributed by atoms with E-state index in [1.54, 1.807) is 0 Å². The summed E-state index contributed by atoms with van der Waals surface area (Å²) in [7, 11) is 4.11. The summed E-state index contributed by atoms with van der Waals surface area (Å²) in [5.41, 5.74) is 5.70. The van der Waals surface area contributed by atoms with Crippen molar-refractivity contribution in [2.24, 2.45) is 5.73 Å². The van der Waals surface area contributed by atoms with Crippen LogP contribution in [0.4, 0.5) is 5.00 Å². The lowest BCUT2D eigenvalue weighted by atomic mass is 10.2. The van der Waals surface area contributed by atoms with E-state index >= 15 is 0 Å². The van der Waals surface area contributed by atoms with Gasteiger partial charge in [-0.05, 0) is 25.5 Å². The van der Waals surface area contributed by atoms with Gasteiger partial charge >= 0.3 is 0 Å². The van der Waals surface area contributed by atoms with Crippen molar-refractivity contribution < 1.29 is 0 Å². The number of hydrogen-bond acceptors (Lipinski definition) is 3. The highest BCUT2D eigenvalue weighted by molar-refractivity contribution is 7.16. The van der Waals surface area contributed by atoms with Crippen LogP contribution in [0.2, 0.25) is 0 Å². The predicted octanol–water partition coefficient (Wildman–Crippen LogP) is 1.70. The van der Waals surface area contributed by atoms with Gasteiger partial charge in [-0.3, -0.25) is 0 Å². The standard InChI is InChI=1S/C9H16N2S/c1-7(10)6-8-4-5-9(12-8)11(2)3/h4-5,7H,6,10H2,1-3H3. The van der Waals surface area contributed by atoms with Crippen molar-refractivity contribution in [3.8, 4) is 0 Å². The molecule has 1 aromatic rings. The van der Waals surface area contributed by atoms with Crippen LogP contribution in [-0.4, -0.2) is 20.1 Å². The van der Waals surface area contributed by atoms with E-state index in [1.165, 1.54) is 9.88 Å². The summed E-state index contributed by atoms with van der Waals surface area (Å²) in [6, 6.07) is 4.56. The Balaban J connectivity index is 2.64. The first-order valence-electron chi connectivity index (χ1n) is 4.11. The maximum absolute atomic E-state index is 5.70. The molecule has 0 aromatic carbocycles. The maximum atomic E-state index is 5.70. The second-order valence-electron chi connectivity index (χ2n) is 3.32. The van der Waals surface area contributed by atoms with E-state index in [-0.39, 0.29) is 6.04 Å². The molecule has 1 unspecified atom stereocenters. The molecule has 1 rings (SSSR count). The Bertz CT molecular complexity index is 240. The molecule has 0 amide bonds. The number of hydrogen-bond donors (Lipinski definition) is 1. The van der Waals surface area contributed by atoms with Gasteiger partial charge in [-0.2, -0.15) is 0 Å². The van der Waals surface area contributed by atoms with Crippen molar-refractivity contribution in [2.75, 3.05) is 19.0 Å². The number of thiophene rings is 1. The average Bonchev–Trinajstić information content (AvgIpc) is 2.34. The van der Waals surface area contributed by atoms with E-state index in [2.05, 4.69) is 31.1 Å². The largest absolute Gasteiger partial charge is 0.370 e. The summed E-state index contributed by atoms with van der Waals surface area (Å²) in [4.78, 5) is 3.49. The van der Waals surface area contributed by atoms with Gasteiger partial charge in [0, 0.05) is 25.0 Å². The van der Waals surface area contributed by atoms with Crippen LogP contribution in [-0.2, 0) is 6.42 Å². The van der Waals surface area contributed by atoms with Gasteiger partial charge in [-0.15, -0.1) is 11.3 Å². The maximum Gasteiger partial charge on any atom is 0.0906 e. The Kier molecular flexibility index (Phi) is 3.12. The Morgan fingerprint density at radius 1 is 1.50 bits per heavy atom. The summed E-state index contributed by atoms with van der Waals surface area (Å²) < 4.78 is 0. The Hall–Kier alpha value is -0.540. The van der Waals surface area contributed by atoms with Crippen LogP contribution in [0.25, 0.3) is 0 Å². The molecule has 0 bridgehead atoms. The van der Waals surface area contributed by atoms with Gasteiger partial charge < -0.3 is 10.6 Å². The number of nitrogens with two attached hydrogens (primary N) is 1. The molecule has 1 atom stereocenters. The third-order valence-electron chi connectivity index (χ3n) is 1.61. The molecule has 0 fully saturated rings. The summed E-state index contributed by atoms with van der Waals surface area (Å²) in [5, 5.41) is 1.30. The molecule has 2 nitrogen and oxygen atoms in total. The first-order chi connectivity index (χ1) is 5.59. The monoisotopic (exact) mass is 184 g/mol. The van der Waals surface area contributed by atoms with E-state index < -0.39 is 0 Å². The van der Waals surface area contributed by atoms with Crippen LogP contribution in [0.1, 0.15) is 11.8 Å². The third-order valence-corrected chi connectivity index (χ3v) is 2.89. The first kappa shape index (κ1) is 9.55. The Morgan fingerprint density at radius 3 is 2.58 bits per heavy atom. The lowest BCUT2D eigenvalue weighted by molar-refractivity contribution is 0.746. The number of nitrogens with zero attached hydrogens (tertiary/aromatic N) is 1. The zero-order chi connectivity index (χ0) is 9.14. The summed E-state index contributed by atoms with van der Waals surface area (Å²) >= 11 is 1.82. The highest BCUT2D eigenvalue weighted by atomic mass is 32.1. The highest BCUT2D eigenvalue weighted by Gasteiger charge is 2.03. The van der Waals surface area contributed by atoms with Crippen molar-refractivity contribution >= 4 is 16.3 Å². The topological polar surface area (TPSA) is 29.3 Å². The molecule has 12 heavy (non-hydrogen) atoms. The van der Waals surface area contributed by atoms with Gasteiger partial charge in [0.1, 0.15) is 0 Å². The van der Waals surface area contributed by atoms with E-state index in [1.807, 2.05) is 18.3 Å². The summed E-state index contributed by atoms with van der Waals surface area (Å²) in [6.07, 6.45) is 0.985. The Morgan fingerprint density at radius 2 is 2.17 bits per heavy atom. The molecule has 68 valence electrons. The third kappa shape index (κ3) is 2.50. The molecule has 1 aromatic heterocycles. The molecule has 3 heteroatoms. The smallest absolute Gasteiger partial charge is 0.0906 e. The molecule has 0 saturated carbocycles. The second kappa shape index (κ2) is 3.92. The van der Waals surface area contributed by atoms with Crippen LogP contribution < -0.4 is 10.6 Å². The molecular weight excluding hydrogens is 168 g/mol. The van der Waals surface area contributed by atoms with Crippen LogP contribution in [0.3, 0.4) is 0 Å². The molecule has 1 heterocycles. The highest BCUT2D eigenvalue weighted by Crippen LogP contribution is 2.24. The van der Waals surface area contributed by atoms with Gasteiger partial charge in [0.25, 0.3) is 0 Å². The van der Waals surface area contributed by atoms with Crippen LogP contribution >= 0.6 is 11.3 Å². The summed E-state index contributed by atoms with van der Waals surface area (Å²) in [5.74, 6) is 0. The fourth-order valence-electron chi connectivity index (χ4n) is 1.03. The fraction of sp³-hybridized carbons (Fsp3) is 0.556. The van der Waals surface area contributed by atoms with E-state index in [0.717, 1.165) is 6.42 Å². The molecule has 0 aliphatic heterocycles. The molecule has 0 radical (unpaired) electrons. The minimum atomic E-state index is 0.263. The van der Waals surface area contributed by atoms with Crippen LogP contribution in [0.15, 0.2) is 12.1 Å². The zero-order valence-corrected chi connectivity index (χ0v) is 8.69.